The number of benzene rings is 1. The predicted molar refractivity (Wildman–Crippen MR) is 70.2 cm³/mol. The van der Waals surface area contributed by atoms with E-state index in [9.17, 15) is 14.9 Å². The molecule has 1 rings (SSSR count). The average Bonchev–Trinajstić information content (AvgIpc) is 2.38. The number of carbonyl (C=O) groups is 1. The molecule has 0 saturated heterocycles. The molecule has 0 bridgehead atoms. The highest BCUT2D eigenvalue weighted by Gasteiger charge is 2.18. The predicted octanol–water partition coefficient (Wildman–Crippen LogP) is -0.0789. The third-order valence-corrected chi connectivity index (χ3v) is 2.12. The SMILES string of the molecule is N#C/C(=N\Nc1ccc(C(N)=O)c([N+](=O)[O-])c1)C(=N)N. The van der Waals surface area contributed by atoms with E-state index >= 15 is 0 Å². The van der Waals surface area contributed by atoms with Crippen molar-refractivity contribution in [1.82, 2.24) is 0 Å². The van der Waals surface area contributed by atoms with Gasteiger partial charge in [0.1, 0.15) is 11.6 Å². The number of hydrogen-bond donors (Lipinski definition) is 4. The van der Waals surface area contributed by atoms with E-state index in [4.69, 9.17) is 22.1 Å². The Bertz CT molecular complexity index is 659. The molecule has 0 saturated carbocycles. The number of anilines is 1. The van der Waals surface area contributed by atoms with Crippen molar-refractivity contribution in [3.05, 3.63) is 33.9 Å². The molecule has 10 nitrogen and oxygen atoms in total. The molecule has 0 aliphatic rings. The maximum atomic E-state index is 11.0. The first-order chi connectivity index (χ1) is 9.36. The minimum atomic E-state index is -0.937. The van der Waals surface area contributed by atoms with Crippen molar-refractivity contribution in [2.45, 2.75) is 0 Å². The van der Waals surface area contributed by atoms with E-state index in [1.807, 2.05) is 0 Å². The summed E-state index contributed by atoms with van der Waals surface area (Å²) >= 11 is 0. The molecule has 1 amide bonds. The van der Waals surface area contributed by atoms with Gasteiger partial charge in [-0.1, -0.05) is 0 Å². The van der Waals surface area contributed by atoms with Crippen LogP contribution in [0.25, 0.3) is 0 Å². The molecule has 10 heteroatoms. The Morgan fingerprint density at radius 3 is 2.60 bits per heavy atom. The Balaban J connectivity index is 3.14. The molecule has 0 fully saturated rings. The molecule has 0 aliphatic heterocycles. The molecule has 1 aromatic carbocycles. The molecular formula is C10H9N7O3. The van der Waals surface area contributed by atoms with E-state index in [1.165, 1.54) is 6.07 Å². The molecule has 6 N–H and O–H groups in total. The topological polar surface area (TPSA) is 184 Å². The second-order valence-electron chi connectivity index (χ2n) is 3.45. The van der Waals surface area contributed by atoms with Gasteiger partial charge < -0.3 is 11.5 Å². The first kappa shape index (κ1) is 14.6. The Labute approximate surface area is 112 Å². The number of amides is 1. The van der Waals surface area contributed by atoms with Crippen LogP contribution >= 0.6 is 0 Å². The number of rotatable bonds is 5. The number of hydrogen-bond acceptors (Lipinski definition) is 7. The Morgan fingerprint density at radius 1 is 1.50 bits per heavy atom. The lowest BCUT2D eigenvalue weighted by atomic mass is 10.1. The minimum Gasteiger partial charge on any atom is -0.382 e. The molecule has 102 valence electrons. The Kier molecular flexibility index (Phi) is 4.31. The summed E-state index contributed by atoms with van der Waals surface area (Å²) in [6.07, 6.45) is 0. The van der Waals surface area contributed by atoms with Crippen LogP contribution in [0.4, 0.5) is 11.4 Å². The largest absolute Gasteiger partial charge is 0.382 e. The molecule has 20 heavy (non-hydrogen) atoms. The molecule has 0 atom stereocenters. The average molecular weight is 275 g/mol. The normalized spacial score (nSPS) is 10.4. The van der Waals surface area contributed by atoms with Crippen LogP contribution in [-0.2, 0) is 0 Å². The summed E-state index contributed by atoms with van der Waals surface area (Å²) in [4.78, 5) is 21.1. The van der Waals surface area contributed by atoms with Gasteiger partial charge in [-0.2, -0.15) is 10.4 Å². The highest BCUT2D eigenvalue weighted by atomic mass is 16.6. The number of nitriles is 1. The fourth-order valence-corrected chi connectivity index (χ4v) is 1.23. The number of carbonyl (C=O) groups excluding carboxylic acids is 1. The summed E-state index contributed by atoms with van der Waals surface area (Å²) in [6.45, 7) is 0. The van der Waals surface area contributed by atoms with Crippen LogP contribution in [0.5, 0.6) is 0 Å². The Morgan fingerprint density at radius 2 is 2.15 bits per heavy atom. The standard InChI is InChI=1S/C10H9N7O3/c11-4-7(9(12)13)16-15-5-1-2-6(10(14)18)8(3-5)17(19)20/h1-3,15H,(H3,12,13)(H2,14,18)/b16-7+. The van der Waals surface area contributed by atoms with Gasteiger partial charge in [-0.25, -0.2) is 0 Å². The lowest BCUT2D eigenvalue weighted by Crippen LogP contribution is -2.21. The molecule has 1 aromatic rings. The number of nitrogens with two attached hydrogens (primary N) is 2. The van der Waals surface area contributed by atoms with E-state index in [0.717, 1.165) is 12.1 Å². The molecular weight excluding hydrogens is 266 g/mol. The van der Waals surface area contributed by atoms with Gasteiger partial charge in [-0.15, -0.1) is 0 Å². The molecule has 0 spiro atoms. The summed E-state index contributed by atoms with van der Waals surface area (Å²) in [6, 6.07) is 5.06. The monoisotopic (exact) mass is 275 g/mol. The first-order valence-corrected chi connectivity index (χ1v) is 5.03. The van der Waals surface area contributed by atoms with E-state index < -0.39 is 22.4 Å². The number of nitrogens with one attached hydrogen (secondary N) is 2. The zero-order valence-corrected chi connectivity index (χ0v) is 9.95. The summed E-state index contributed by atoms with van der Waals surface area (Å²) < 4.78 is 0. The third-order valence-electron chi connectivity index (χ3n) is 2.12. The molecule has 0 radical (unpaired) electrons. The zero-order chi connectivity index (χ0) is 15.3. The summed E-state index contributed by atoms with van der Waals surface area (Å²) in [5.74, 6) is -1.49. The van der Waals surface area contributed by atoms with Crippen LogP contribution in [0.15, 0.2) is 23.3 Å². The third kappa shape index (κ3) is 3.26. The van der Waals surface area contributed by atoms with Gasteiger partial charge in [-0.05, 0) is 12.1 Å². The van der Waals surface area contributed by atoms with Crippen LogP contribution in [0.2, 0.25) is 0 Å². The van der Waals surface area contributed by atoms with Crippen molar-refractivity contribution in [3.8, 4) is 6.07 Å². The number of amidine groups is 1. The van der Waals surface area contributed by atoms with Gasteiger partial charge in [0, 0.05) is 6.07 Å². The van der Waals surface area contributed by atoms with E-state index in [-0.39, 0.29) is 17.0 Å². The van der Waals surface area contributed by atoms with E-state index in [0.29, 0.717) is 0 Å². The smallest absolute Gasteiger partial charge is 0.284 e. The maximum absolute atomic E-state index is 11.0. The van der Waals surface area contributed by atoms with E-state index in [2.05, 4.69) is 10.5 Å². The quantitative estimate of drug-likeness (QED) is 0.252. The van der Waals surface area contributed by atoms with Crippen LogP contribution in [0.1, 0.15) is 10.4 Å². The van der Waals surface area contributed by atoms with Gasteiger partial charge in [0.05, 0.1) is 10.6 Å². The lowest BCUT2D eigenvalue weighted by molar-refractivity contribution is -0.385. The van der Waals surface area contributed by atoms with Crippen LogP contribution < -0.4 is 16.9 Å². The number of hydrazone groups is 1. The van der Waals surface area contributed by atoms with Crippen molar-refractivity contribution in [3.63, 3.8) is 0 Å². The fraction of sp³-hybridized carbons (Fsp3) is 0. The maximum Gasteiger partial charge on any atom is 0.284 e. The molecule has 0 unspecified atom stereocenters. The number of nitro groups is 1. The van der Waals surface area contributed by atoms with Gasteiger partial charge in [0.15, 0.2) is 5.84 Å². The van der Waals surface area contributed by atoms with E-state index in [1.54, 1.807) is 6.07 Å². The Hall–Kier alpha value is -3.48. The van der Waals surface area contributed by atoms with Gasteiger partial charge in [-0.3, -0.25) is 25.7 Å². The minimum absolute atomic E-state index is 0.135. The second kappa shape index (κ2) is 5.91. The van der Waals surface area contributed by atoms with Crippen molar-refractivity contribution in [2.75, 3.05) is 5.43 Å². The van der Waals surface area contributed by atoms with Crippen molar-refractivity contribution < 1.29 is 9.72 Å². The van der Waals surface area contributed by atoms with Crippen LogP contribution in [0.3, 0.4) is 0 Å². The molecule has 0 heterocycles. The number of primary amides is 1. The van der Waals surface area contributed by atoms with Crippen LogP contribution in [-0.4, -0.2) is 22.4 Å². The second-order valence-corrected chi connectivity index (χ2v) is 3.45. The van der Waals surface area contributed by atoms with Crippen molar-refractivity contribution in [1.29, 1.82) is 10.7 Å². The van der Waals surface area contributed by atoms with Gasteiger partial charge >= 0.3 is 0 Å². The van der Waals surface area contributed by atoms with Crippen molar-refractivity contribution in [2.24, 2.45) is 16.6 Å². The van der Waals surface area contributed by atoms with Crippen molar-refractivity contribution >= 4 is 28.8 Å². The molecule has 0 aliphatic carbocycles. The highest BCUT2D eigenvalue weighted by molar-refractivity contribution is 6.45. The number of nitro benzene ring substituents is 1. The molecule has 0 aromatic heterocycles. The van der Waals surface area contributed by atoms with Crippen LogP contribution in [0, 0.1) is 26.9 Å². The summed E-state index contributed by atoms with van der Waals surface area (Å²) in [7, 11) is 0. The zero-order valence-electron chi connectivity index (χ0n) is 9.95. The lowest BCUT2D eigenvalue weighted by Gasteiger charge is -2.03. The van der Waals surface area contributed by atoms with Gasteiger partial charge in [0.2, 0.25) is 5.71 Å². The van der Waals surface area contributed by atoms with Gasteiger partial charge in [0.25, 0.3) is 11.6 Å². The first-order valence-electron chi connectivity index (χ1n) is 5.03. The number of nitrogens with zero attached hydrogens (tertiary/aromatic N) is 3. The summed E-state index contributed by atoms with van der Waals surface area (Å²) in [5, 5.41) is 30.0. The highest BCUT2D eigenvalue weighted by Crippen LogP contribution is 2.22. The fourth-order valence-electron chi connectivity index (χ4n) is 1.23. The summed E-state index contributed by atoms with van der Waals surface area (Å²) in [5.41, 5.74) is 11.4.